The lowest BCUT2D eigenvalue weighted by atomic mass is 9.90. The Morgan fingerprint density at radius 2 is 1.45 bits per heavy atom. The quantitative estimate of drug-likeness (QED) is 0.216. The molecule has 1 unspecified atom stereocenters. The minimum absolute atomic E-state index is 0.00705. The molecule has 3 aromatic carbocycles. The van der Waals surface area contributed by atoms with Gasteiger partial charge in [0.05, 0.1) is 16.7 Å². The van der Waals surface area contributed by atoms with Gasteiger partial charge in [0, 0.05) is 22.3 Å². The van der Waals surface area contributed by atoms with Crippen molar-refractivity contribution in [1.82, 2.24) is 5.32 Å². The average molecular weight is 625 g/mol. The Morgan fingerprint density at radius 3 is 1.98 bits per heavy atom. The van der Waals surface area contributed by atoms with Crippen molar-refractivity contribution in [2.24, 2.45) is 0 Å². The van der Waals surface area contributed by atoms with E-state index in [1.807, 2.05) is 6.92 Å². The highest BCUT2D eigenvalue weighted by Gasteiger charge is 2.46. The van der Waals surface area contributed by atoms with Crippen LogP contribution in [-0.2, 0) is 21.9 Å². The summed E-state index contributed by atoms with van der Waals surface area (Å²) in [6.07, 6.45) is -8.84. The topological polar surface area (TPSA) is 49.4 Å². The average Bonchev–Trinajstić information content (AvgIpc) is 3.21. The zero-order valence-electron chi connectivity index (χ0n) is 21.0. The van der Waals surface area contributed by atoms with Crippen molar-refractivity contribution in [3.63, 3.8) is 0 Å². The number of nitrogens with zero attached hydrogens (tertiary/aromatic N) is 1. The number of hydrogen-bond donors (Lipinski definition) is 1. The van der Waals surface area contributed by atoms with Crippen LogP contribution >= 0.6 is 15.9 Å². The molecule has 4 rings (SSSR count). The summed E-state index contributed by atoms with van der Waals surface area (Å²) < 4.78 is 83.2. The van der Waals surface area contributed by atoms with Gasteiger partial charge < -0.3 is 5.32 Å². The van der Waals surface area contributed by atoms with Gasteiger partial charge in [0.2, 0.25) is 5.91 Å². The third-order valence-electron chi connectivity index (χ3n) is 6.38. The molecule has 11 heteroatoms. The van der Waals surface area contributed by atoms with Gasteiger partial charge in [-0.1, -0.05) is 59.6 Å². The number of carbonyl (C=O) groups excluding carboxylic acids is 2. The molecule has 0 spiro atoms. The Morgan fingerprint density at radius 1 is 0.875 bits per heavy atom. The van der Waals surface area contributed by atoms with Gasteiger partial charge in [-0.25, -0.2) is 0 Å². The lowest BCUT2D eigenvalue weighted by Gasteiger charge is -2.26. The molecule has 0 aliphatic carbocycles. The van der Waals surface area contributed by atoms with Gasteiger partial charge in [-0.15, -0.1) is 0 Å². The molecule has 0 saturated carbocycles. The maximum atomic E-state index is 14.1. The Balaban J connectivity index is 2.03. The molecule has 0 fully saturated rings. The summed E-state index contributed by atoms with van der Waals surface area (Å²) in [5.74, 6) is -1.51. The highest BCUT2D eigenvalue weighted by molar-refractivity contribution is 9.10. The van der Waals surface area contributed by atoms with Gasteiger partial charge in [0.1, 0.15) is 6.04 Å². The number of carbonyl (C=O) groups is 2. The summed E-state index contributed by atoms with van der Waals surface area (Å²) in [5, 5.41) is 2.76. The van der Waals surface area contributed by atoms with Gasteiger partial charge in [-0.05, 0) is 60.0 Å². The van der Waals surface area contributed by atoms with Crippen molar-refractivity contribution in [2.75, 3.05) is 11.4 Å². The fourth-order valence-electron chi connectivity index (χ4n) is 4.52. The zero-order chi connectivity index (χ0) is 29.2. The number of anilines is 1. The molecule has 1 aliphatic heterocycles. The molecule has 1 aliphatic rings. The van der Waals surface area contributed by atoms with E-state index in [4.69, 9.17) is 0 Å². The van der Waals surface area contributed by atoms with Crippen LogP contribution in [0.15, 0.2) is 77.3 Å². The summed E-state index contributed by atoms with van der Waals surface area (Å²) in [6, 6.07) is 14.0. The van der Waals surface area contributed by atoms with Crippen LogP contribution in [0.3, 0.4) is 0 Å². The summed E-state index contributed by atoms with van der Waals surface area (Å²) in [6.45, 7) is 2.19. The predicted octanol–water partition coefficient (Wildman–Crippen LogP) is 7.73. The van der Waals surface area contributed by atoms with Crippen LogP contribution in [0.5, 0.6) is 0 Å². The van der Waals surface area contributed by atoms with Crippen LogP contribution in [0.25, 0.3) is 11.1 Å². The second kappa shape index (κ2) is 11.5. The Labute approximate surface area is 234 Å². The molecule has 40 heavy (non-hydrogen) atoms. The SMILES string of the molecule is CCCCNC(=O)C1C(c2ccccc2)=C(c2cc(C(F)(F)F)cc(C(F)(F)F)c2)C(=O)N1c1ccc(Br)cc1. The molecule has 1 atom stereocenters. The largest absolute Gasteiger partial charge is 0.416 e. The van der Waals surface area contributed by atoms with E-state index in [-0.39, 0.29) is 23.9 Å². The monoisotopic (exact) mass is 624 g/mol. The molecule has 4 nitrogen and oxygen atoms in total. The maximum absolute atomic E-state index is 14.1. The van der Waals surface area contributed by atoms with Crippen molar-refractivity contribution in [1.29, 1.82) is 0 Å². The van der Waals surface area contributed by atoms with Gasteiger partial charge in [-0.3, -0.25) is 14.5 Å². The highest BCUT2D eigenvalue weighted by atomic mass is 79.9. The minimum atomic E-state index is -5.12. The number of benzene rings is 3. The number of amides is 2. The molecule has 3 aromatic rings. The van der Waals surface area contributed by atoms with E-state index < -0.39 is 52.5 Å². The van der Waals surface area contributed by atoms with Crippen LogP contribution in [0.2, 0.25) is 0 Å². The van der Waals surface area contributed by atoms with E-state index in [0.717, 1.165) is 11.3 Å². The zero-order valence-corrected chi connectivity index (χ0v) is 22.6. The van der Waals surface area contributed by atoms with Crippen molar-refractivity contribution < 1.29 is 35.9 Å². The molecular weight excluding hydrogens is 602 g/mol. The van der Waals surface area contributed by atoms with Crippen molar-refractivity contribution >= 4 is 44.6 Å². The van der Waals surface area contributed by atoms with Crippen molar-refractivity contribution in [3.05, 3.63) is 99.5 Å². The van der Waals surface area contributed by atoms with Crippen LogP contribution in [0, 0.1) is 0 Å². The molecule has 1 N–H and O–H groups in total. The summed E-state index contributed by atoms with van der Waals surface area (Å²) in [4.78, 5) is 28.8. The summed E-state index contributed by atoms with van der Waals surface area (Å²) in [7, 11) is 0. The fourth-order valence-corrected chi connectivity index (χ4v) is 4.78. The van der Waals surface area contributed by atoms with E-state index in [1.165, 1.54) is 12.1 Å². The number of hydrogen-bond acceptors (Lipinski definition) is 2. The Hall–Kier alpha value is -3.60. The van der Waals surface area contributed by atoms with Crippen molar-refractivity contribution in [2.45, 2.75) is 38.2 Å². The van der Waals surface area contributed by atoms with Crippen LogP contribution in [-0.4, -0.2) is 24.4 Å². The Kier molecular flexibility index (Phi) is 8.44. The molecule has 0 bridgehead atoms. The van der Waals surface area contributed by atoms with E-state index in [2.05, 4.69) is 21.2 Å². The van der Waals surface area contributed by atoms with Gasteiger partial charge in [-0.2, -0.15) is 26.3 Å². The van der Waals surface area contributed by atoms with Crippen LogP contribution in [0.4, 0.5) is 32.0 Å². The third kappa shape index (κ3) is 6.09. The lowest BCUT2D eigenvalue weighted by molar-refractivity contribution is -0.143. The second-order valence-corrected chi connectivity index (χ2v) is 10.1. The minimum Gasteiger partial charge on any atom is -0.354 e. The molecule has 0 aromatic heterocycles. The summed E-state index contributed by atoms with van der Waals surface area (Å²) in [5.41, 5.74) is -3.55. The molecule has 1 heterocycles. The molecule has 2 amide bonds. The second-order valence-electron chi connectivity index (χ2n) is 9.15. The van der Waals surface area contributed by atoms with Crippen LogP contribution < -0.4 is 10.2 Å². The van der Waals surface area contributed by atoms with Crippen LogP contribution in [0.1, 0.15) is 42.0 Å². The first kappa shape index (κ1) is 29.4. The normalized spacial score (nSPS) is 16.1. The first-order valence-electron chi connectivity index (χ1n) is 12.3. The standard InChI is InChI=1S/C29H23BrF6N2O2/c1-2-3-13-37-26(39)25-23(17-7-5-4-6-8-17)24(27(40)38(25)22-11-9-21(30)10-12-22)18-14-19(28(31,32)33)16-20(15-18)29(34,35)36/h4-12,14-16,25H,2-3,13H2,1H3,(H,37,39). The van der Waals surface area contributed by atoms with E-state index in [0.29, 0.717) is 28.6 Å². The number of alkyl halides is 6. The first-order valence-corrected chi connectivity index (χ1v) is 13.1. The smallest absolute Gasteiger partial charge is 0.354 e. The van der Waals surface area contributed by atoms with Crippen molar-refractivity contribution in [3.8, 4) is 0 Å². The number of rotatable bonds is 7. The van der Waals surface area contributed by atoms with Gasteiger partial charge in [0.15, 0.2) is 0 Å². The number of nitrogens with one attached hydrogen (secondary N) is 1. The van der Waals surface area contributed by atoms with E-state index in [9.17, 15) is 35.9 Å². The highest BCUT2D eigenvalue weighted by Crippen LogP contribution is 2.45. The number of unbranched alkanes of at least 4 members (excludes halogenated alkanes) is 1. The van der Waals surface area contributed by atoms with E-state index in [1.54, 1.807) is 42.5 Å². The molecule has 210 valence electrons. The third-order valence-corrected chi connectivity index (χ3v) is 6.91. The molecule has 0 saturated heterocycles. The summed E-state index contributed by atoms with van der Waals surface area (Å²) >= 11 is 3.30. The van der Waals surface area contributed by atoms with Gasteiger partial charge >= 0.3 is 12.4 Å². The predicted molar refractivity (Wildman–Crippen MR) is 143 cm³/mol. The first-order chi connectivity index (χ1) is 18.8. The van der Waals surface area contributed by atoms with E-state index >= 15 is 0 Å². The lowest BCUT2D eigenvalue weighted by Crippen LogP contribution is -2.47. The fraction of sp³-hybridized carbons (Fsp3) is 0.241. The Bertz CT molecular complexity index is 1400. The molecule has 0 radical (unpaired) electrons. The molecular formula is C29H23BrF6N2O2. The number of halogens is 7. The van der Waals surface area contributed by atoms with Gasteiger partial charge in [0.25, 0.3) is 5.91 Å². The maximum Gasteiger partial charge on any atom is 0.416 e.